The lowest BCUT2D eigenvalue weighted by molar-refractivity contribution is -0.122. The van der Waals surface area contributed by atoms with Crippen molar-refractivity contribution in [2.24, 2.45) is 0 Å². The number of hydrogen-bond acceptors (Lipinski definition) is 3. The number of nitrogens with zero attached hydrogens (tertiary/aromatic N) is 1. The molecular formula is C17H17N3O2. The van der Waals surface area contributed by atoms with Gasteiger partial charge in [-0.2, -0.15) is 0 Å². The highest BCUT2D eigenvalue weighted by Gasteiger charge is 2.48. The van der Waals surface area contributed by atoms with E-state index in [0.29, 0.717) is 12.2 Å². The first-order chi connectivity index (χ1) is 10.6. The summed E-state index contributed by atoms with van der Waals surface area (Å²) in [6.07, 6.45) is 0. The zero-order chi connectivity index (χ0) is 15.6. The van der Waals surface area contributed by atoms with Crippen molar-refractivity contribution in [2.75, 3.05) is 4.90 Å². The first-order valence-corrected chi connectivity index (χ1v) is 7.11. The molecule has 112 valence electrons. The normalized spacial score (nSPS) is 21.0. The average Bonchev–Trinajstić information content (AvgIpc) is 2.77. The molecule has 1 aliphatic rings. The lowest BCUT2D eigenvalue weighted by Crippen LogP contribution is -2.56. The number of anilines is 1. The summed E-state index contributed by atoms with van der Waals surface area (Å²) in [5.74, 6) is -0.306. The number of urea groups is 1. The lowest BCUT2D eigenvalue weighted by atomic mass is 10.1. The highest BCUT2D eigenvalue weighted by Crippen LogP contribution is 2.23. The van der Waals surface area contributed by atoms with Crippen molar-refractivity contribution in [3.63, 3.8) is 0 Å². The quantitative estimate of drug-likeness (QED) is 0.850. The van der Waals surface area contributed by atoms with Gasteiger partial charge in [0.15, 0.2) is 5.66 Å². The minimum Gasteiger partial charge on any atom is -0.311 e. The topological polar surface area (TPSA) is 61.4 Å². The molecular weight excluding hydrogens is 278 g/mol. The molecule has 3 amide bonds. The number of carbonyl (C=O) groups excluding carboxylic acids is 2. The van der Waals surface area contributed by atoms with Crippen molar-refractivity contribution in [3.05, 3.63) is 66.2 Å². The maximum Gasteiger partial charge on any atom is 0.330 e. The summed E-state index contributed by atoms with van der Waals surface area (Å²) in [4.78, 5) is 26.0. The molecule has 0 aliphatic carbocycles. The van der Waals surface area contributed by atoms with Crippen LogP contribution < -0.4 is 15.5 Å². The van der Waals surface area contributed by atoms with E-state index in [4.69, 9.17) is 0 Å². The maximum atomic E-state index is 12.6. The third-order valence-electron chi connectivity index (χ3n) is 3.69. The maximum absolute atomic E-state index is 12.6. The standard InChI is InChI=1S/C17H17N3O2/c1-17(18-12-13-8-4-2-5-9-13)15(21)20(16(22)19-17)14-10-6-3-7-11-14/h2-11,18H,12H2,1H3,(H,19,22). The number of carbonyl (C=O) groups is 2. The van der Waals surface area contributed by atoms with Gasteiger partial charge in [0.25, 0.3) is 5.91 Å². The van der Waals surface area contributed by atoms with Crippen LogP contribution in [0.4, 0.5) is 10.5 Å². The Kier molecular flexibility index (Phi) is 3.65. The number of imide groups is 1. The van der Waals surface area contributed by atoms with Gasteiger partial charge in [-0.15, -0.1) is 0 Å². The largest absolute Gasteiger partial charge is 0.330 e. The second kappa shape index (κ2) is 5.61. The van der Waals surface area contributed by atoms with E-state index in [1.54, 1.807) is 31.2 Å². The molecule has 0 spiro atoms. The summed E-state index contributed by atoms with van der Waals surface area (Å²) in [6, 6.07) is 18.2. The van der Waals surface area contributed by atoms with E-state index in [9.17, 15) is 9.59 Å². The van der Waals surface area contributed by atoms with Gasteiger partial charge in [0.05, 0.1) is 5.69 Å². The lowest BCUT2D eigenvalue weighted by Gasteiger charge is -2.23. The summed E-state index contributed by atoms with van der Waals surface area (Å²) in [5, 5.41) is 5.86. The Bertz CT molecular complexity index is 688. The van der Waals surface area contributed by atoms with Gasteiger partial charge in [-0.1, -0.05) is 48.5 Å². The van der Waals surface area contributed by atoms with Crippen LogP contribution in [0.25, 0.3) is 0 Å². The summed E-state index contributed by atoms with van der Waals surface area (Å²) in [7, 11) is 0. The summed E-state index contributed by atoms with van der Waals surface area (Å²) in [6.45, 7) is 2.17. The van der Waals surface area contributed by atoms with Gasteiger partial charge in [-0.3, -0.25) is 10.1 Å². The number of hydrogen-bond donors (Lipinski definition) is 2. The molecule has 1 heterocycles. The fourth-order valence-electron chi connectivity index (χ4n) is 2.45. The minimum atomic E-state index is -1.11. The van der Waals surface area contributed by atoms with Crippen LogP contribution in [0, 0.1) is 0 Å². The fourth-order valence-corrected chi connectivity index (χ4v) is 2.45. The smallest absolute Gasteiger partial charge is 0.311 e. The highest BCUT2D eigenvalue weighted by molar-refractivity contribution is 6.22. The molecule has 3 rings (SSSR count). The molecule has 1 unspecified atom stereocenters. The number of amides is 3. The fraction of sp³-hybridized carbons (Fsp3) is 0.176. The average molecular weight is 295 g/mol. The number of rotatable bonds is 4. The molecule has 2 aromatic rings. The van der Waals surface area contributed by atoms with Crippen LogP contribution in [0.3, 0.4) is 0 Å². The van der Waals surface area contributed by atoms with Crippen LogP contribution in [0.5, 0.6) is 0 Å². The van der Waals surface area contributed by atoms with Gasteiger partial charge in [-0.05, 0) is 24.6 Å². The van der Waals surface area contributed by atoms with Gasteiger partial charge < -0.3 is 5.32 Å². The molecule has 0 saturated carbocycles. The molecule has 0 aromatic heterocycles. The Morgan fingerprint density at radius 1 is 1.00 bits per heavy atom. The Morgan fingerprint density at radius 3 is 2.23 bits per heavy atom. The van der Waals surface area contributed by atoms with Crippen LogP contribution >= 0.6 is 0 Å². The Morgan fingerprint density at radius 2 is 1.59 bits per heavy atom. The molecule has 1 fully saturated rings. The van der Waals surface area contributed by atoms with Gasteiger partial charge in [0, 0.05) is 6.54 Å². The number of benzene rings is 2. The first kappa shape index (κ1) is 14.3. The summed E-state index contributed by atoms with van der Waals surface area (Å²) in [5.41, 5.74) is 0.502. The summed E-state index contributed by atoms with van der Waals surface area (Å²) < 4.78 is 0. The Hall–Kier alpha value is -2.66. The minimum absolute atomic E-state index is 0.306. The van der Waals surface area contributed by atoms with E-state index >= 15 is 0 Å². The van der Waals surface area contributed by atoms with Crippen LogP contribution in [-0.4, -0.2) is 17.6 Å². The number of para-hydroxylation sites is 1. The predicted octanol–water partition coefficient (Wildman–Crippen LogP) is 2.25. The van der Waals surface area contributed by atoms with Gasteiger partial charge >= 0.3 is 6.03 Å². The monoisotopic (exact) mass is 295 g/mol. The zero-order valence-corrected chi connectivity index (χ0v) is 12.2. The first-order valence-electron chi connectivity index (χ1n) is 7.11. The van der Waals surface area contributed by atoms with Gasteiger partial charge in [0.2, 0.25) is 0 Å². The molecule has 0 bridgehead atoms. The van der Waals surface area contributed by atoms with Crippen molar-refractivity contribution in [1.29, 1.82) is 0 Å². The molecule has 2 N–H and O–H groups in total. The Balaban J connectivity index is 1.78. The van der Waals surface area contributed by atoms with Crippen molar-refractivity contribution in [2.45, 2.75) is 19.1 Å². The SMILES string of the molecule is CC1(NCc2ccccc2)NC(=O)N(c2ccccc2)C1=O. The molecule has 5 heteroatoms. The number of nitrogens with one attached hydrogen (secondary N) is 2. The molecule has 1 atom stereocenters. The van der Waals surface area contributed by atoms with E-state index in [1.807, 2.05) is 36.4 Å². The zero-order valence-electron chi connectivity index (χ0n) is 12.2. The van der Waals surface area contributed by atoms with Crippen LogP contribution in [0.2, 0.25) is 0 Å². The molecule has 5 nitrogen and oxygen atoms in total. The van der Waals surface area contributed by atoms with Gasteiger partial charge in [-0.25, -0.2) is 9.69 Å². The molecule has 1 saturated heterocycles. The van der Waals surface area contributed by atoms with Crippen molar-refractivity contribution >= 4 is 17.6 Å². The third kappa shape index (κ3) is 2.58. The second-order valence-corrected chi connectivity index (χ2v) is 5.37. The molecule has 1 aliphatic heterocycles. The van der Waals surface area contributed by atoms with Crippen LogP contribution in [0.1, 0.15) is 12.5 Å². The van der Waals surface area contributed by atoms with Gasteiger partial charge in [0.1, 0.15) is 0 Å². The molecule has 0 radical (unpaired) electrons. The predicted molar refractivity (Wildman–Crippen MR) is 84.1 cm³/mol. The highest BCUT2D eigenvalue weighted by atomic mass is 16.2. The Labute approximate surface area is 128 Å². The van der Waals surface area contributed by atoms with E-state index in [0.717, 1.165) is 10.5 Å². The van der Waals surface area contributed by atoms with Crippen LogP contribution in [0.15, 0.2) is 60.7 Å². The third-order valence-corrected chi connectivity index (χ3v) is 3.69. The van der Waals surface area contributed by atoms with E-state index < -0.39 is 11.7 Å². The van der Waals surface area contributed by atoms with E-state index in [2.05, 4.69) is 10.6 Å². The van der Waals surface area contributed by atoms with Crippen molar-refractivity contribution < 1.29 is 9.59 Å². The molecule has 2 aromatic carbocycles. The van der Waals surface area contributed by atoms with Crippen molar-refractivity contribution in [3.8, 4) is 0 Å². The summed E-state index contributed by atoms with van der Waals surface area (Å²) >= 11 is 0. The van der Waals surface area contributed by atoms with E-state index in [-0.39, 0.29) is 5.91 Å². The van der Waals surface area contributed by atoms with Crippen LogP contribution in [-0.2, 0) is 11.3 Å². The molecule has 22 heavy (non-hydrogen) atoms. The van der Waals surface area contributed by atoms with Crippen molar-refractivity contribution in [1.82, 2.24) is 10.6 Å². The second-order valence-electron chi connectivity index (χ2n) is 5.37. The van der Waals surface area contributed by atoms with E-state index in [1.165, 1.54) is 0 Å².